The molecule has 1 aromatic rings. The Morgan fingerprint density at radius 2 is 2.00 bits per heavy atom. The van der Waals surface area contributed by atoms with E-state index in [0.717, 1.165) is 61.3 Å². The van der Waals surface area contributed by atoms with Crippen molar-refractivity contribution in [1.29, 1.82) is 0 Å². The number of anilines is 2. The van der Waals surface area contributed by atoms with Gasteiger partial charge in [0.25, 0.3) is 0 Å². The van der Waals surface area contributed by atoms with Gasteiger partial charge in [-0.1, -0.05) is 20.8 Å². The van der Waals surface area contributed by atoms with Crippen molar-refractivity contribution in [2.75, 3.05) is 49.5 Å². The van der Waals surface area contributed by atoms with Crippen LogP contribution in [0.3, 0.4) is 0 Å². The van der Waals surface area contributed by atoms with Crippen LogP contribution in [0.2, 0.25) is 0 Å². The summed E-state index contributed by atoms with van der Waals surface area (Å²) in [5.74, 6) is 2.46. The standard InChI is InChI=1S/C15H26BrN5/c1-4-5-17-15-18-10-13(16)14(19-15)21-8-6-20(7-9-21)11-12(2)3/h10,12H,4-9,11H2,1-3H3,(H,17,18,19). The molecule has 0 aromatic carbocycles. The van der Waals surface area contributed by atoms with E-state index in [4.69, 9.17) is 0 Å². The van der Waals surface area contributed by atoms with Crippen molar-refractivity contribution < 1.29 is 0 Å². The van der Waals surface area contributed by atoms with E-state index in [1.807, 2.05) is 6.20 Å². The fourth-order valence-corrected chi connectivity index (χ4v) is 3.00. The molecule has 0 spiro atoms. The van der Waals surface area contributed by atoms with Crippen LogP contribution in [0.4, 0.5) is 11.8 Å². The molecule has 0 aliphatic carbocycles. The Bertz CT molecular complexity index is 444. The third kappa shape index (κ3) is 4.81. The molecule has 1 aliphatic heterocycles. The van der Waals surface area contributed by atoms with Crippen molar-refractivity contribution in [3.63, 3.8) is 0 Å². The summed E-state index contributed by atoms with van der Waals surface area (Å²) in [4.78, 5) is 13.9. The molecule has 0 atom stereocenters. The zero-order valence-corrected chi connectivity index (χ0v) is 14.9. The minimum atomic E-state index is 0.722. The molecule has 2 rings (SSSR count). The summed E-state index contributed by atoms with van der Waals surface area (Å²) in [6.07, 6.45) is 2.92. The topological polar surface area (TPSA) is 44.3 Å². The molecule has 0 unspecified atom stereocenters. The fraction of sp³-hybridized carbons (Fsp3) is 0.733. The van der Waals surface area contributed by atoms with Crippen molar-refractivity contribution in [2.45, 2.75) is 27.2 Å². The molecule has 0 amide bonds. The van der Waals surface area contributed by atoms with Crippen LogP contribution in [0, 0.1) is 5.92 Å². The van der Waals surface area contributed by atoms with E-state index in [9.17, 15) is 0 Å². The molecular weight excluding hydrogens is 330 g/mol. The van der Waals surface area contributed by atoms with E-state index in [2.05, 4.69) is 61.8 Å². The molecule has 0 radical (unpaired) electrons. The van der Waals surface area contributed by atoms with Gasteiger partial charge >= 0.3 is 0 Å². The predicted molar refractivity (Wildman–Crippen MR) is 92.0 cm³/mol. The monoisotopic (exact) mass is 355 g/mol. The lowest BCUT2D eigenvalue weighted by Crippen LogP contribution is -2.47. The maximum absolute atomic E-state index is 4.66. The van der Waals surface area contributed by atoms with Crippen LogP contribution in [0.5, 0.6) is 0 Å². The van der Waals surface area contributed by atoms with Gasteiger partial charge < -0.3 is 10.2 Å². The minimum absolute atomic E-state index is 0.722. The first-order chi connectivity index (χ1) is 10.1. The van der Waals surface area contributed by atoms with Crippen LogP contribution in [-0.2, 0) is 0 Å². The van der Waals surface area contributed by atoms with E-state index in [1.165, 1.54) is 6.54 Å². The Hall–Kier alpha value is -0.880. The van der Waals surface area contributed by atoms with Gasteiger partial charge in [-0.2, -0.15) is 4.98 Å². The molecule has 21 heavy (non-hydrogen) atoms. The Labute approximate surface area is 136 Å². The van der Waals surface area contributed by atoms with Gasteiger partial charge in [-0.25, -0.2) is 4.98 Å². The maximum Gasteiger partial charge on any atom is 0.224 e. The van der Waals surface area contributed by atoms with Gasteiger partial charge in [-0.05, 0) is 28.3 Å². The first-order valence-electron chi connectivity index (χ1n) is 7.84. The average molecular weight is 356 g/mol. The van der Waals surface area contributed by atoms with Gasteiger partial charge in [0.2, 0.25) is 5.95 Å². The van der Waals surface area contributed by atoms with Crippen molar-refractivity contribution in [3.8, 4) is 0 Å². The van der Waals surface area contributed by atoms with E-state index < -0.39 is 0 Å². The summed E-state index contributed by atoms with van der Waals surface area (Å²) >= 11 is 3.58. The molecule has 1 N–H and O–H groups in total. The normalized spacial score (nSPS) is 16.5. The molecule has 0 saturated carbocycles. The summed E-state index contributed by atoms with van der Waals surface area (Å²) in [7, 11) is 0. The molecule has 5 nitrogen and oxygen atoms in total. The zero-order chi connectivity index (χ0) is 15.2. The number of nitrogens with one attached hydrogen (secondary N) is 1. The zero-order valence-electron chi connectivity index (χ0n) is 13.3. The Morgan fingerprint density at radius 3 is 2.62 bits per heavy atom. The Morgan fingerprint density at radius 1 is 1.29 bits per heavy atom. The van der Waals surface area contributed by atoms with Crippen molar-refractivity contribution in [3.05, 3.63) is 10.7 Å². The highest BCUT2D eigenvalue weighted by atomic mass is 79.9. The quantitative estimate of drug-likeness (QED) is 0.849. The molecule has 1 fully saturated rings. The Balaban J connectivity index is 1.98. The van der Waals surface area contributed by atoms with Crippen molar-refractivity contribution >= 4 is 27.7 Å². The van der Waals surface area contributed by atoms with Gasteiger partial charge in [0, 0.05) is 45.5 Å². The largest absolute Gasteiger partial charge is 0.354 e. The summed E-state index contributed by atoms with van der Waals surface area (Å²) in [6, 6.07) is 0. The first kappa shape index (κ1) is 16.5. The summed E-state index contributed by atoms with van der Waals surface area (Å²) in [5.41, 5.74) is 0. The van der Waals surface area contributed by atoms with Gasteiger partial charge in [0.05, 0.1) is 4.47 Å². The summed E-state index contributed by atoms with van der Waals surface area (Å²) in [6.45, 7) is 13.0. The van der Waals surface area contributed by atoms with E-state index in [-0.39, 0.29) is 0 Å². The van der Waals surface area contributed by atoms with E-state index in [0.29, 0.717) is 0 Å². The highest BCUT2D eigenvalue weighted by Gasteiger charge is 2.20. The molecule has 2 heterocycles. The van der Waals surface area contributed by atoms with Crippen LogP contribution in [0.25, 0.3) is 0 Å². The third-order valence-electron chi connectivity index (χ3n) is 3.55. The molecule has 1 aliphatic rings. The highest BCUT2D eigenvalue weighted by Crippen LogP contribution is 2.25. The van der Waals surface area contributed by atoms with Crippen molar-refractivity contribution in [2.24, 2.45) is 5.92 Å². The van der Waals surface area contributed by atoms with Crippen molar-refractivity contribution in [1.82, 2.24) is 14.9 Å². The van der Waals surface area contributed by atoms with Gasteiger partial charge in [0.15, 0.2) is 0 Å². The number of aromatic nitrogens is 2. The van der Waals surface area contributed by atoms with E-state index >= 15 is 0 Å². The number of hydrogen-bond acceptors (Lipinski definition) is 5. The molecule has 1 saturated heterocycles. The SMILES string of the molecule is CCCNc1ncc(Br)c(N2CCN(CC(C)C)CC2)n1. The molecule has 118 valence electrons. The maximum atomic E-state index is 4.66. The second-order valence-corrected chi connectivity index (χ2v) is 6.83. The smallest absolute Gasteiger partial charge is 0.224 e. The number of nitrogens with zero attached hydrogens (tertiary/aromatic N) is 4. The van der Waals surface area contributed by atoms with E-state index in [1.54, 1.807) is 0 Å². The van der Waals surface area contributed by atoms with Crippen LogP contribution < -0.4 is 10.2 Å². The summed E-state index contributed by atoms with van der Waals surface area (Å²) in [5, 5.41) is 3.26. The highest BCUT2D eigenvalue weighted by molar-refractivity contribution is 9.10. The molecule has 1 aromatic heterocycles. The molecular formula is C15H26BrN5. The number of halogens is 1. The van der Waals surface area contributed by atoms with Crippen LogP contribution in [0.15, 0.2) is 10.7 Å². The first-order valence-corrected chi connectivity index (χ1v) is 8.63. The predicted octanol–water partition coefficient (Wildman–Crippen LogP) is 2.84. The lowest BCUT2D eigenvalue weighted by molar-refractivity contribution is 0.231. The molecule has 6 heteroatoms. The second-order valence-electron chi connectivity index (χ2n) is 5.97. The van der Waals surface area contributed by atoms with Gasteiger partial charge in [0.1, 0.15) is 5.82 Å². The lowest BCUT2D eigenvalue weighted by Gasteiger charge is -2.36. The Kier molecular flexibility index (Phi) is 6.23. The average Bonchev–Trinajstić information content (AvgIpc) is 2.47. The minimum Gasteiger partial charge on any atom is -0.354 e. The van der Waals surface area contributed by atoms with Crippen LogP contribution in [0.1, 0.15) is 27.2 Å². The molecule has 0 bridgehead atoms. The lowest BCUT2D eigenvalue weighted by atomic mass is 10.2. The third-order valence-corrected chi connectivity index (χ3v) is 4.11. The fourth-order valence-electron chi connectivity index (χ4n) is 2.56. The summed E-state index contributed by atoms with van der Waals surface area (Å²) < 4.78 is 0.974. The second kappa shape index (κ2) is 7.94. The number of piperazine rings is 1. The van der Waals surface area contributed by atoms with Crippen LogP contribution >= 0.6 is 15.9 Å². The van der Waals surface area contributed by atoms with Gasteiger partial charge in [-0.15, -0.1) is 0 Å². The number of hydrogen-bond donors (Lipinski definition) is 1. The van der Waals surface area contributed by atoms with Gasteiger partial charge in [-0.3, -0.25) is 4.90 Å². The number of rotatable bonds is 6. The van der Waals surface area contributed by atoms with Crippen LogP contribution in [-0.4, -0.2) is 54.1 Å².